The van der Waals surface area contributed by atoms with Crippen LogP contribution in [0.3, 0.4) is 0 Å². The highest BCUT2D eigenvalue weighted by Crippen LogP contribution is 2.35. The van der Waals surface area contributed by atoms with Crippen LogP contribution in [0.5, 0.6) is 0 Å². The number of nitrogens with zero attached hydrogens (tertiary/aromatic N) is 1. The number of benzene rings is 1. The van der Waals surface area contributed by atoms with Crippen LogP contribution in [0.25, 0.3) is 0 Å². The van der Waals surface area contributed by atoms with E-state index in [0.717, 1.165) is 5.56 Å². The maximum Gasteiger partial charge on any atom is 0.168 e. The molecule has 0 saturated heterocycles. The van der Waals surface area contributed by atoms with Crippen LogP contribution >= 0.6 is 11.6 Å². The highest BCUT2D eigenvalue weighted by Gasteiger charge is 2.32. The topological polar surface area (TPSA) is 49.7 Å². The molecule has 0 bridgehead atoms. The van der Waals surface area contributed by atoms with Gasteiger partial charge in [0.25, 0.3) is 0 Å². The molecule has 1 aromatic carbocycles. The molecule has 3 nitrogen and oxygen atoms in total. The Morgan fingerprint density at radius 2 is 1.95 bits per heavy atom. The highest BCUT2D eigenvalue weighted by molar-refractivity contribution is 6.30. The molecule has 0 aromatic heterocycles. The van der Waals surface area contributed by atoms with Crippen molar-refractivity contribution in [2.24, 2.45) is 10.4 Å². The van der Waals surface area contributed by atoms with Crippen molar-refractivity contribution >= 4 is 23.6 Å². The SMILES string of the molecule is CC1(C)CC(=O)C(C=NCc2ccc(Cl)cc2)=C(O)C1. The van der Waals surface area contributed by atoms with Crippen LogP contribution in [0.15, 0.2) is 40.6 Å². The summed E-state index contributed by atoms with van der Waals surface area (Å²) in [7, 11) is 0. The van der Waals surface area contributed by atoms with Gasteiger partial charge in [0.1, 0.15) is 5.76 Å². The van der Waals surface area contributed by atoms with Crippen molar-refractivity contribution in [3.63, 3.8) is 0 Å². The molecule has 0 heterocycles. The Labute approximate surface area is 124 Å². The van der Waals surface area contributed by atoms with E-state index in [-0.39, 0.29) is 17.0 Å². The molecule has 0 unspecified atom stereocenters. The van der Waals surface area contributed by atoms with Crippen LogP contribution in [-0.2, 0) is 11.3 Å². The number of halogens is 1. The lowest BCUT2D eigenvalue weighted by molar-refractivity contribution is -0.117. The van der Waals surface area contributed by atoms with Gasteiger partial charge in [-0.05, 0) is 23.1 Å². The third-order valence-electron chi connectivity index (χ3n) is 3.30. The van der Waals surface area contributed by atoms with Gasteiger partial charge in [0, 0.05) is 24.1 Å². The molecule has 2 rings (SSSR count). The summed E-state index contributed by atoms with van der Waals surface area (Å²) in [5.74, 6) is 0.102. The molecular weight excluding hydrogens is 274 g/mol. The van der Waals surface area contributed by atoms with Crippen LogP contribution in [0.1, 0.15) is 32.3 Å². The molecule has 0 radical (unpaired) electrons. The predicted octanol–water partition coefficient (Wildman–Crippen LogP) is 4.11. The van der Waals surface area contributed by atoms with Gasteiger partial charge >= 0.3 is 0 Å². The molecule has 0 fully saturated rings. The van der Waals surface area contributed by atoms with Crippen molar-refractivity contribution in [2.75, 3.05) is 0 Å². The largest absolute Gasteiger partial charge is 0.511 e. The van der Waals surface area contributed by atoms with Crippen molar-refractivity contribution in [1.29, 1.82) is 0 Å². The standard InChI is InChI=1S/C16H18ClNO2/c1-16(2)7-14(19)13(15(20)8-16)10-18-9-11-3-5-12(17)6-4-11/h3-6,10,19H,7-9H2,1-2H3. The smallest absolute Gasteiger partial charge is 0.168 e. The fourth-order valence-electron chi connectivity index (χ4n) is 2.28. The number of aliphatic imine (C=N–C) groups is 1. The van der Waals surface area contributed by atoms with Gasteiger partial charge in [-0.3, -0.25) is 9.79 Å². The van der Waals surface area contributed by atoms with Crippen LogP contribution in [-0.4, -0.2) is 17.1 Å². The normalized spacial score (nSPS) is 18.9. The fourth-order valence-corrected chi connectivity index (χ4v) is 2.41. The third kappa shape index (κ3) is 3.70. The number of carbonyl (C=O) groups excluding carboxylic acids is 1. The van der Waals surface area contributed by atoms with Crippen LogP contribution in [0, 0.1) is 5.41 Å². The van der Waals surface area contributed by atoms with Crippen molar-refractivity contribution < 1.29 is 9.90 Å². The monoisotopic (exact) mass is 291 g/mol. The lowest BCUT2D eigenvalue weighted by Gasteiger charge is -2.28. The molecule has 1 N–H and O–H groups in total. The van der Waals surface area contributed by atoms with Gasteiger partial charge in [-0.2, -0.15) is 0 Å². The minimum absolute atomic E-state index is 0.0430. The molecule has 0 amide bonds. The molecule has 1 aliphatic carbocycles. The number of rotatable bonds is 3. The maximum absolute atomic E-state index is 12.0. The van der Waals surface area contributed by atoms with Crippen molar-refractivity contribution in [3.8, 4) is 0 Å². The van der Waals surface area contributed by atoms with E-state index in [2.05, 4.69) is 4.99 Å². The van der Waals surface area contributed by atoms with E-state index in [1.54, 1.807) is 12.1 Å². The summed E-state index contributed by atoms with van der Waals surface area (Å²) in [6.07, 6.45) is 2.45. The number of allylic oxidation sites excluding steroid dienone is 2. The first kappa shape index (κ1) is 14.8. The highest BCUT2D eigenvalue weighted by atomic mass is 35.5. The minimum Gasteiger partial charge on any atom is -0.511 e. The first-order chi connectivity index (χ1) is 9.37. The van der Waals surface area contributed by atoms with E-state index in [1.165, 1.54) is 6.21 Å². The lowest BCUT2D eigenvalue weighted by Crippen LogP contribution is -2.26. The molecule has 0 atom stereocenters. The summed E-state index contributed by atoms with van der Waals surface area (Å²) in [6, 6.07) is 7.38. The summed E-state index contributed by atoms with van der Waals surface area (Å²) >= 11 is 5.81. The zero-order valence-electron chi connectivity index (χ0n) is 11.7. The average Bonchev–Trinajstić information content (AvgIpc) is 2.33. The van der Waals surface area contributed by atoms with E-state index in [4.69, 9.17) is 11.6 Å². The summed E-state index contributed by atoms with van der Waals surface area (Å²) in [5.41, 5.74) is 1.18. The Morgan fingerprint density at radius 3 is 2.55 bits per heavy atom. The molecule has 1 aromatic rings. The van der Waals surface area contributed by atoms with Gasteiger partial charge in [0.05, 0.1) is 12.1 Å². The second-order valence-corrected chi connectivity index (χ2v) is 6.33. The lowest BCUT2D eigenvalue weighted by atomic mass is 9.77. The van der Waals surface area contributed by atoms with Gasteiger partial charge < -0.3 is 5.11 Å². The Bertz CT molecular complexity index is 571. The Balaban J connectivity index is 2.07. The van der Waals surface area contributed by atoms with E-state index >= 15 is 0 Å². The number of ketones is 1. The molecule has 1 aliphatic rings. The molecule has 106 valence electrons. The van der Waals surface area contributed by atoms with Crippen molar-refractivity contribution in [2.45, 2.75) is 33.2 Å². The third-order valence-corrected chi connectivity index (χ3v) is 3.56. The van der Waals surface area contributed by atoms with Crippen LogP contribution in [0.2, 0.25) is 5.02 Å². The van der Waals surface area contributed by atoms with Crippen LogP contribution < -0.4 is 0 Å². The minimum atomic E-state index is -0.172. The Hall–Kier alpha value is -1.61. The Kier molecular flexibility index (Phi) is 4.29. The van der Waals surface area contributed by atoms with Gasteiger partial charge in [0.2, 0.25) is 0 Å². The first-order valence-electron chi connectivity index (χ1n) is 6.57. The average molecular weight is 292 g/mol. The second kappa shape index (κ2) is 5.80. The summed E-state index contributed by atoms with van der Waals surface area (Å²) in [5, 5.41) is 10.6. The summed E-state index contributed by atoms with van der Waals surface area (Å²) < 4.78 is 0. The van der Waals surface area contributed by atoms with Gasteiger partial charge in [-0.15, -0.1) is 0 Å². The quantitative estimate of drug-likeness (QED) is 0.852. The maximum atomic E-state index is 12.0. The number of aliphatic hydroxyl groups is 1. The number of hydrogen-bond donors (Lipinski definition) is 1. The van der Waals surface area contributed by atoms with E-state index in [9.17, 15) is 9.90 Å². The van der Waals surface area contributed by atoms with Crippen LogP contribution in [0.4, 0.5) is 0 Å². The predicted molar refractivity (Wildman–Crippen MR) is 81.3 cm³/mol. The molecular formula is C16H18ClNO2. The summed E-state index contributed by atoms with van der Waals surface area (Å²) in [6.45, 7) is 4.41. The Morgan fingerprint density at radius 1 is 1.30 bits per heavy atom. The molecule has 0 saturated carbocycles. The number of carbonyl (C=O) groups is 1. The molecule has 0 aliphatic heterocycles. The number of hydrogen-bond acceptors (Lipinski definition) is 3. The van der Waals surface area contributed by atoms with Crippen molar-refractivity contribution in [3.05, 3.63) is 46.2 Å². The molecule has 0 spiro atoms. The van der Waals surface area contributed by atoms with E-state index in [0.29, 0.717) is 30.0 Å². The molecule has 4 heteroatoms. The van der Waals surface area contributed by atoms with Gasteiger partial charge in [-0.25, -0.2) is 0 Å². The first-order valence-corrected chi connectivity index (χ1v) is 6.95. The fraction of sp³-hybridized carbons (Fsp3) is 0.375. The number of aliphatic hydroxyl groups excluding tert-OH is 1. The van der Waals surface area contributed by atoms with E-state index < -0.39 is 0 Å². The van der Waals surface area contributed by atoms with E-state index in [1.807, 2.05) is 26.0 Å². The summed E-state index contributed by atoms with van der Waals surface area (Å²) in [4.78, 5) is 16.2. The van der Waals surface area contributed by atoms with Gasteiger partial charge in [0.15, 0.2) is 5.78 Å². The van der Waals surface area contributed by atoms with Crippen molar-refractivity contribution in [1.82, 2.24) is 0 Å². The number of Topliss-reactive ketones (excluding diaryl/α,β-unsaturated/α-hetero) is 1. The van der Waals surface area contributed by atoms with Gasteiger partial charge in [-0.1, -0.05) is 37.6 Å². The molecule has 20 heavy (non-hydrogen) atoms. The second-order valence-electron chi connectivity index (χ2n) is 5.90. The zero-order chi connectivity index (χ0) is 14.8. The zero-order valence-corrected chi connectivity index (χ0v) is 12.4.